The quantitative estimate of drug-likeness (QED) is 0.845. The predicted octanol–water partition coefficient (Wildman–Crippen LogP) is 3.49. The van der Waals surface area contributed by atoms with E-state index in [1.54, 1.807) is 0 Å². The molecule has 0 radical (unpaired) electrons. The summed E-state index contributed by atoms with van der Waals surface area (Å²) < 4.78 is 33.0. The fourth-order valence-electron chi connectivity index (χ4n) is 3.99. The van der Waals surface area contributed by atoms with Crippen LogP contribution in [0.25, 0.3) is 0 Å². The number of fused-ring (bicyclic) bond motifs is 1. The number of hydrogen-bond donors (Lipinski definition) is 1. The van der Waals surface area contributed by atoms with Gasteiger partial charge in [0.2, 0.25) is 5.91 Å². The third-order valence-corrected chi connectivity index (χ3v) is 5.64. The first-order chi connectivity index (χ1) is 13.5. The Morgan fingerprint density at radius 2 is 1.96 bits per heavy atom. The number of morpholine rings is 1. The molecule has 2 aliphatic heterocycles. The van der Waals surface area contributed by atoms with Crippen LogP contribution in [0.3, 0.4) is 0 Å². The average molecular weight is 407 g/mol. The fraction of sp³-hybridized carbons (Fsp3) is 0.381. The predicted molar refractivity (Wildman–Crippen MR) is 102 cm³/mol. The van der Waals surface area contributed by atoms with E-state index in [4.69, 9.17) is 16.3 Å². The summed E-state index contributed by atoms with van der Waals surface area (Å²) in [4.78, 5) is 14.6. The first kappa shape index (κ1) is 19.3. The SMILES string of the molecule is O=C(Cc1cc(F)ccc1F)N[C@@H]1C[C@H]2CO[C@@H](c3ccc(Cl)cc3)CN2C1. The first-order valence-corrected chi connectivity index (χ1v) is 9.70. The van der Waals surface area contributed by atoms with Crippen molar-refractivity contribution < 1.29 is 18.3 Å². The molecule has 2 heterocycles. The van der Waals surface area contributed by atoms with Gasteiger partial charge in [-0.1, -0.05) is 23.7 Å². The van der Waals surface area contributed by atoms with E-state index in [0.29, 0.717) is 11.6 Å². The maximum Gasteiger partial charge on any atom is 0.224 e. The minimum atomic E-state index is -0.570. The number of carbonyl (C=O) groups is 1. The molecule has 4 rings (SSSR count). The van der Waals surface area contributed by atoms with Crippen LogP contribution in [0.2, 0.25) is 5.02 Å². The molecule has 7 heteroatoms. The number of benzene rings is 2. The molecular formula is C21H21ClF2N2O2. The zero-order valence-electron chi connectivity index (χ0n) is 15.2. The van der Waals surface area contributed by atoms with Gasteiger partial charge in [-0.15, -0.1) is 0 Å². The Morgan fingerprint density at radius 3 is 2.75 bits per heavy atom. The smallest absolute Gasteiger partial charge is 0.224 e. The summed E-state index contributed by atoms with van der Waals surface area (Å²) in [6.07, 6.45) is 0.587. The van der Waals surface area contributed by atoms with Crippen molar-refractivity contribution in [2.75, 3.05) is 19.7 Å². The van der Waals surface area contributed by atoms with Crippen LogP contribution in [0.1, 0.15) is 23.7 Å². The summed E-state index contributed by atoms with van der Waals surface area (Å²) in [5.74, 6) is -1.42. The zero-order valence-corrected chi connectivity index (χ0v) is 16.0. The van der Waals surface area contributed by atoms with Crippen LogP contribution in [0, 0.1) is 11.6 Å². The molecular weight excluding hydrogens is 386 g/mol. The lowest BCUT2D eigenvalue weighted by Gasteiger charge is -2.35. The summed E-state index contributed by atoms with van der Waals surface area (Å²) in [6.45, 7) is 2.06. The number of amides is 1. The Kier molecular flexibility index (Phi) is 5.62. The Labute approximate surface area is 167 Å². The lowest BCUT2D eigenvalue weighted by atomic mass is 10.1. The van der Waals surface area contributed by atoms with Crippen LogP contribution in [-0.2, 0) is 16.0 Å². The van der Waals surface area contributed by atoms with E-state index in [1.807, 2.05) is 24.3 Å². The van der Waals surface area contributed by atoms with Gasteiger partial charge in [-0.3, -0.25) is 9.69 Å². The summed E-state index contributed by atoms with van der Waals surface area (Å²) >= 11 is 5.95. The number of carbonyl (C=O) groups excluding carboxylic acids is 1. The number of nitrogens with zero attached hydrogens (tertiary/aromatic N) is 1. The van der Waals surface area contributed by atoms with Crippen molar-refractivity contribution in [1.29, 1.82) is 0 Å². The van der Waals surface area contributed by atoms with Gasteiger partial charge in [0, 0.05) is 35.8 Å². The lowest BCUT2D eigenvalue weighted by molar-refractivity contribution is -0.121. The van der Waals surface area contributed by atoms with E-state index in [1.165, 1.54) is 0 Å². The van der Waals surface area contributed by atoms with Gasteiger partial charge in [0.15, 0.2) is 0 Å². The molecule has 1 amide bonds. The van der Waals surface area contributed by atoms with Gasteiger partial charge < -0.3 is 10.1 Å². The maximum absolute atomic E-state index is 13.7. The molecule has 1 N–H and O–H groups in total. The van der Waals surface area contributed by atoms with E-state index in [0.717, 1.165) is 43.3 Å². The second-order valence-electron chi connectivity index (χ2n) is 7.39. The lowest BCUT2D eigenvalue weighted by Crippen LogP contribution is -2.43. The molecule has 2 saturated heterocycles. The van der Waals surface area contributed by atoms with Crippen molar-refractivity contribution in [3.05, 3.63) is 70.2 Å². The molecule has 0 aliphatic carbocycles. The molecule has 2 aromatic carbocycles. The van der Waals surface area contributed by atoms with E-state index in [2.05, 4.69) is 10.2 Å². The molecule has 2 fully saturated rings. The van der Waals surface area contributed by atoms with Crippen molar-refractivity contribution >= 4 is 17.5 Å². The second kappa shape index (κ2) is 8.15. The molecule has 3 atom stereocenters. The van der Waals surface area contributed by atoms with Crippen LogP contribution < -0.4 is 5.32 Å². The second-order valence-corrected chi connectivity index (χ2v) is 7.83. The van der Waals surface area contributed by atoms with Gasteiger partial charge in [0.1, 0.15) is 11.6 Å². The standard InChI is InChI=1S/C21H21ClF2N2O2/c22-15-3-1-13(2-4-15)20-11-26-10-17(9-18(26)12-28-20)25-21(27)8-14-7-16(23)5-6-19(14)24/h1-7,17-18,20H,8-12H2,(H,25,27)/t17-,18+,20-/m1/s1. The van der Waals surface area contributed by atoms with E-state index in [-0.39, 0.29) is 36.1 Å². The van der Waals surface area contributed by atoms with Gasteiger partial charge in [-0.25, -0.2) is 8.78 Å². The highest BCUT2D eigenvalue weighted by atomic mass is 35.5. The minimum Gasteiger partial charge on any atom is -0.371 e. The van der Waals surface area contributed by atoms with Gasteiger partial charge in [-0.2, -0.15) is 0 Å². The first-order valence-electron chi connectivity index (χ1n) is 9.32. The van der Waals surface area contributed by atoms with E-state index < -0.39 is 11.6 Å². The summed E-state index contributed by atoms with van der Waals surface area (Å²) in [5.41, 5.74) is 1.15. The molecule has 28 heavy (non-hydrogen) atoms. The summed E-state index contributed by atoms with van der Waals surface area (Å²) in [7, 11) is 0. The Balaban J connectivity index is 1.33. The highest BCUT2D eigenvalue weighted by Crippen LogP contribution is 2.30. The van der Waals surface area contributed by atoms with Crippen LogP contribution in [0.4, 0.5) is 8.78 Å². The Hall–Kier alpha value is -2.02. The normalized spacial score (nSPS) is 24.8. The van der Waals surface area contributed by atoms with Gasteiger partial charge in [0.05, 0.1) is 19.1 Å². The molecule has 2 aliphatic rings. The highest BCUT2D eigenvalue weighted by Gasteiger charge is 2.38. The van der Waals surface area contributed by atoms with Crippen LogP contribution in [-0.4, -0.2) is 42.6 Å². The number of nitrogens with one attached hydrogen (secondary N) is 1. The highest BCUT2D eigenvalue weighted by molar-refractivity contribution is 6.30. The number of ether oxygens (including phenoxy) is 1. The van der Waals surface area contributed by atoms with E-state index in [9.17, 15) is 13.6 Å². The summed E-state index contributed by atoms with van der Waals surface area (Å²) in [5, 5.41) is 3.64. The molecule has 0 bridgehead atoms. The Bertz CT molecular complexity index is 862. The fourth-order valence-corrected chi connectivity index (χ4v) is 4.11. The van der Waals surface area contributed by atoms with Crippen molar-refractivity contribution in [2.45, 2.75) is 31.0 Å². The van der Waals surface area contributed by atoms with Crippen LogP contribution >= 0.6 is 11.6 Å². The minimum absolute atomic E-state index is 0.0237. The average Bonchev–Trinajstić information content (AvgIpc) is 3.06. The molecule has 0 aromatic heterocycles. The molecule has 0 saturated carbocycles. The van der Waals surface area contributed by atoms with Crippen molar-refractivity contribution in [1.82, 2.24) is 10.2 Å². The third kappa shape index (κ3) is 4.35. The number of halogens is 3. The Morgan fingerprint density at radius 1 is 1.18 bits per heavy atom. The zero-order chi connectivity index (χ0) is 19.7. The van der Waals surface area contributed by atoms with Crippen LogP contribution in [0.5, 0.6) is 0 Å². The van der Waals surface area contributed by atoms with Gasteiger partial charge >= 0.3 is 0 Å². The van der Waals surface area contributed by atoms with Gasteiger partial charge in [-0.05, 0) is 42.3 Å². The molecule has 2 aromatic rings. The monoisotopic (exact) mass is 406 g/mol. The van der Waals surface area contributed by atoms with Crippen LogP contribution in [0.15, 0.2) is 42.5 Å². The largest absolute Gasteiger partial charge is 0.371 e. The van der Waals surface area contributed by atoms with Gasteiger partial charge in [0.25, 0.3) is 0 Å². The molecule has 0 unspecified atom stereocenters. The number of hydrogen-bond acceptors (Lipinski definition) is 3. The van der Waals surface area contributed by atoms with Crippen molar-refractivity contribution in [3.63, 3.8) is 0 Å². The molecule has 4 nitrogen and oxygen atoms in total. The van der Waals surface area contributed by atoms with Crippen molar-refractivity contribution in [2.24, 2.45) is 0 Å². The molecule has 0 spiro atoms. The third-order valence-electron chi connectivity index (χ3n) is 5.38. The van der Waals surface area contributed by atoms with Crippen molar-refractivity contribution in [3.8, 4) is 0 Å². The number of rotatable bonds is 4. The topological polar surface area (TPSA) is 41.6 Å². The molecule has 148 valence electrons. The van der Waals surface area contributed by atoms with E-state index >= 15 is 0 Å². The maximum atomic E-state index is 13.7. The summed E-state index contributed by atoms with van der Waals surface area (Å²) in [6, 6.07) is 11.0.